The zero-order valence-corrected chi connectivity index (χ0v) is 16.1. The number of nitrogens with one attached hydrogen (secondary N) is 2. The summed E-state index contributed by atoms with van der Waals surface area (Å²) in [5.74, 6) is -0.443. The first-order valence-electron chi connectivity index (χ1n) is 9.62. The van der Waals surface area contributed by atoms with Gasteiger partial charge in [-0.05, 0) is 48.6 Å². The Bertz CT molecular complexity index is 867. The number of fused-ring (bicyclic) bond motifs is 1. The number of hydrogen-bond donors (Lipinski definition) is 2. The van der Waals surface area contributed by atoms with Crippen LogP contribution in [0, 0.1) is 0 Å². The molecule has 2 N–H and O–H groups in total. The number of hydrogen-bond acceptors (Lipinski definition) is 5. The van der Waals surface area contributed by atoms with E-state index in [0.29, 0.717) is 25.1 Å². The highest BCUT2D eigenvalue weighted by Crippen LogP contribution is 2.26. The van der Waals surface area contributed by atoms with Crippen molar-refractivity contribution in [1.29, 1.82) is 0 Å². The molecule has 3 rings (SSSR count). The van der Waals surface area contributed by atoms with E-state index < -0.39 is 5.97 Å². The Kier molecular flexibility index (Phi) is 7.22. The highest BCUT2D eigenvalue weighted by atomic mass is 16.6. The summed E-state index contributed by atoms with van der Waals surface area (Å²) in [6.45, 7) is -0.0936. The van der Waals surface area contributed by atoms with E-state index >= 15 is 0 Å². The number of ether oxygens (including phenoxy) is 2. The molecular formula is C22H24N2O5. The predicted molar refractivity (Wildman–Crippen MR) is 108 cm³/mol. The second-order valence-corrected chi connectivity index (χ2v) is 6.76. The van der Waals surface area contributed by atoms with Crippen LogP contribution in [0.5, 0.6) is 5.75 Å². The summed E-state index contributed by atoms with van der Waals surface area (Å²) in [4.78, 5) is 34.9. The second kappa shape index (κ2) is 10.3. The van der Waals surface area contributed by atoms with Gasteiger partial charge in [0.15, 0.2) is 13.2 Å². The molecule has 0 atom stereocenters. The molecule has 0 unspecified atom stereocenters. The maximum absolute atomic E-state index is 11.8. The summed E-state index contributed by atoms with van der Waals surface area (Å²) < 4.78 is 10.4. The Morgan fingerprint density at radius 2 is 1.86 bits per heavy atom. The van der Waals surface area contributed by atoms with Crippen molar-refractivity contribution in [3.8, 4) is 5.75 Å². The lowest BCUT2D eigenvalue weighted by Gasteiger charge is -2.17. The van der Waals surface area contributed by atoms with Crippen LogP contribution < -0.4 is 15.4 Å². The summed E-state index contributed by atoms with van der Waals surface area (Å²) in [6.07, 6.45) is 2.75. The van der Waals surface area contributed by atoms with Crippen LogP contribution in [-0.4, -0.2) is 37.5 Å². The minimum absolute atomic E-state index is 0.00640. The van der Waals surface area contributed by atoms with E-state index in [4.69, 9.17) is 9.47 Å². The maximum atomic E-state index is 11.8. The number of aryl methyl sites for hydroxylation is 2. The number of benzene rings is 2. The monoisotopic (exact) mass is 396 g/mol. The first-order valence-corrected chi connectivity index (χ1v) is 9.62. The lowest BCUT2D eigenvalue weighted by atomic mass is 10.0. The Balaban J connectivity index is 1.30. The van der Waals surface area contributed by atoms with Crippen LogP contribution >= 0.6 is 0 Å². The summed E-state index contributed by atoms with van der Waals surface area (Å²) in [6, 6.07) is 15.2. The van der Waals surface area contributed by atoms with Gasteiger partial charge in [-0.1, -0.05) is 30.3 Å². The Morgan fingerprint density at radius 3 is 2.69 bits per heavy atom. The standard InChI is InChI=1S/C22H24N2O5/c25-20-11-8-17-13-18(9-10-19(17)24-20)28-15-22(27)29-14-21(26)23-12-4-7-16-5-2-1-3-6-16/h1-3,5-6,9-10,13H,4,7-8,11-12,14-15H2,(H,23,26)(H,24,25). The number of carbonyl (C=O) groups excluding carboxylic acids is 3. The van der Waals surface area contributed by atoms with E-state index in [2.05, 4.69) is 10.6 Å². The van der Waals surface area contributed by atoms with Crippen LogP contribution in [0.25, 0.3) is 0 Å². The number of rotatable bonds is 9. The summed E-state index contributed by atoms with van der Waals surface area (Å²) in [5.41, 5.74) is 2.94. The van der Waals surface area contributed by atoms with Gasteiger partial charge >= 0.3 is 5.97 Å². The number of esters is 1. The highest BCUT2D eigenvalue weighted by Gasteiger charge is 2.15. The molecule has 7 heteroatoms. The van der Waals surface area contributed by atoms with Crippen LogP contribution in [0.2, 0.25) is 0 Å². The molecule has 2 aromatic rings. The lowest BCUT2D eigenvalue weighted by Crippen LogP contribution is -2.30. The van der Waals surface area contributed by atoms with E-state index in [-0.39, 0.29) is 25.0 Å². The van der Waals surface area contributed by atoms with Crippen molar-refractivity contribution in [2.45, 2.75) is 25.7 Å². The topological polar surface area (TPSA) is 93.7 Å². The molecule has 29 heavy (non-hydrogen) atoms. The molecule has 0 bridgehead atoms. The van der Waals surface area contributed by atoms with Gasteiger partial charge in [0.1, 0.15) is 5.75 Å². The van der Waals surface area contributed by atoms with Gasteiger partial charge in [0, 0.05) is 18.7 Å². The molecule has 152 valence electrons. The van der Waals surface area contributed by atoms with Gasteiger partial charge in [-0.25, -0.2) is 4.79 Å². The van der Waals surface area contributed by atoms with Gasteiger partial charge in [0.05, 0.1) is 0 Å². The molecule has 2 aromatic carbocycles. The van der Waals surface area contributed by atoms with Crippen molar-refractivity contribution >= 4 is 23.5 Å². The third-order valence-electron chi connectivity index (χ3n) is 4.50. The minimum atomic E-state index is -0.615. The maximum Gasteiger partial charge on any atom is 0.344 e. The first kappa shape index (κ1) is 20.4. The van der Waals surface area contributed by atoms with E-state index in [9.17, 15) is 14.4 Å². The highest BCUT2D eigenvalue weighted by molar-refractivity contribution is 5.94. The summed E-state index contributed by atoms with van der Waals surface area (Å²) in [7, 11) is 0. The molecule has 0 spiro atoms. The molecule has 2 amide bonds. The molecule has 0 radical (unpaired) electrons. The van der Waals surface area contributed by atoms with Gasteiger partial charge in [-0.3, -0.25) is 9.59 Å². The van der Waals surface area contributed by atoms with Crippen molar-refractivity contribution in [1.82, 2.24) is 5.32 Å². The molecule has 0 aromatic heterocycles. The third kappa shape index (κ3) is 6.64. The molecule has 7 nitrogen and oxygen atoms in total. The molecule has 1 aliphatic rings. The van der Waals surface area contributed by atoms with E-state index in [0.717, 1.165) is 24.1 Å². The fourth-order valence-electron chi connectivity index (χ4n) is 3.00. The van der Waals surface area contributed by atoms with E-state index in [1.165, 1.54) is 5.56 Å². The molecule has 0 aliphatic carbocycles. The van der Waals surface area contributed by atoms with Gasteiger partial charge in [-0.2, -0.15) is 0 Å². The van der Waals surface area contributed by atoms with Crippen molar-refractivity contribution in [3.05, 3.63) is 59.7 Å². The largest absolute Gasteiger partial charge is 0.482 e. The molecular weight excluding hydrogens is 372 g/mol. The zero-order valence-electron chi connectivity index (χ0n) is 16.1. The SMILES string of the molecule is O=C(COC(=O)COc1ccc2c(c1)CCC(=O)N2)NCCCc1ccccc1. The number of anilines is 1. The van der Waals surface area contributed by atoms with Gasteiger partial charge in [0.2, 0.25) is 5.91 Å². The summed E-state index contributed by atoms with van der Waals surface area (Å²) >= 11 is 0. The minimum Gasteiger partial charge on any atom is -0.482 e. The van der Waals surface area contributed by atoms with Crippen molar-refractivity contribution in [2.75, 3.05) is 25.1 Å². The smallest absolute Gasteiger partial charge is 0.344 e. The number of amides is 2. The van der Waals surface area contributed by atoms with E-state index in [1.807, 2.05) is 30.3 Å². The van der Waals surface area contributed by atoms with Gasteiger partial charge in [0.25, 0.3) is 5.91 Å². The molecule has 1 aliphatic heterocycles. The molecule has 0 fully saturated rings. The van der Waals surface area contributed by atoms with Crippen molar-refractivity contribution in [2.24, 2.45) is 0 Å². The van der Waals surface area contributed by atoms with Crippen LogP contribution in [-0.2, 0) is 32.0 Å². The average Bonchev–Trinajstić information content (AvgIpc) is 2.74. The quantitative estimate of drug-likeness (QED) is 0.501. The van der Waals surface area contributed by atoms with Gasteiger partial charge in [-0.15, -0.1) is 0 Å². The molecule has 1 heterocycles. The van der Waals surface area contributed by atoms with E-state index in [1.54, 1.807) is 18.2 Å². The van der Waals surface area contributed by atoms with Crippen LogP contribution in [0.15, 0.2) is 48.5 Å². The number of carbonyl (C=O) groups is 3. The molecule has 0 saturated carbocycles. The average molecular weight is 396 g/mol. The van der Waals surface area contributed by atoms with Crippen molar-refractivity contribution in [3.63, 3.8) is 0 Å². The van der Waals surface area contributed by atoms with Crippen LogP contribution in [0.3, 0.4) is 0 Å². The zero-order chi connectivity index (χ0) is 20.5. The fraction of sp³-hybridized carbons (Fsp3) is 0.318. The normalized spacial score (nSPS) is 12.5. The lowest BCUT2D eigenvalue weighted by molar-refractivity contribution is -0.150. The van der Waals surface area contributed by atoms with Crippen LogP contribution in [0.4, 0.5) is 5.69 Å². The first-order chi connectivity index (χ1) is 14.1. The Hall–Kier alpha value is -3.35. The fourth-order valence-corrected chi connectivity index (χ4v) is 3.00. The Morgan fingerprint density at radius 1 is 1.03 bits per heavy atom. The van der Waals surface area contributed by atoms with Gasteiger partial charge < -0.3 is 20.1 Å². The summed E-state index contributed by atoms with van der Waals surface area (Å²) in [5, 5.41) is 5.51. The second-order valence-electron chi connectivity index (χ2n) is 6.76. The van der Waals surface area contributed by atoms with Crippen LogP contribution in [0.1, 0.15) is 24.0 Å². The molecule has 0 saturated heterocycles. The van der Waals surface area contributed by atoms with Crippen molar-refractivity contribution < 1.29 is 23.9 Å². The third-order valence-corrected chi connectivity index (χ3v) is 4.50. The predicted octanol–water partition coefficient (Wildman–Crippen LogP) is 2.24. The Labute approximate surface area is 169 Å².